The van der Waals surface area contributed by atoms with E-state index in [0.29, 0.717) is 17.5 Å². The van der Waals surface area contributed by atoms with E-state index >= 15 is 0 Å². The number of carbonyl (C=O) groups excluding carboxylic acids is 3. The van der Waals surface area contributed by atoms with Gasteiger partial charge in [-0.05, 0) is 32.4 Å². The molecule has 0 saturated carbocycles. The van der Waals surface area contributed by atoms with Crippen LogP contribution in [0, 0.1) is 0 Å². The smallest absolute Gasteiger partial charge is 0.330 e. The molecular formula is C16H17NO4. The van der Waals surface area contributed by atoms with Crippen molar-refractivity contribution in [2.24, 2.45) is 0 Å². The van der Waals surface area contributed by atoms with Crippen LogP contribution in [0.25, 0.3) is 0 Å². The molecule has 0 atom stereocenters. The van der Waals surface area contributed by atoms with Crippen LogP contribution in [0.5, 0.6) is 0 Å². The summed E-state index contributed by atoms with van der Waals surface area (Å²) in [6.45, 7) is 4.03. The molecule has 1 heterocycles. The molecule has 1 aromatic carbocycles. The summed E-state index contributed by atoms with van der Waals surface area (Å²) in [7, 11) is 0. The van der Waals surface area contributed by atoms with Crippen LogP contribution in [-0.2, 0) is 9.53 Å². The van der Waals surface area contributed by atoms with E-state index in [2.05, 4.69) is 0 Å². The number of allylic oxidation sites excluding steroid dienone is 1. The van der Waals surface area contributed by atoms with Crippen LogP contribution in [0.4, 0.5) is 0 Å². The highest BCUT2D eigenvalue weighted by atomic mass is 16.5. The van der Waals surface area contributed by atoms with Crippen molar-refractivity contribution in [2.45, 2.75) is 20.3 Å². The summed E-state index contributed by atoms with van der Waals surface area (Å²) in [6.07, 6.45) is 1.83. The van der Waals surface area contributed by atoms with Gasteiger partial charge in [0.25, 0.3) is 11.8 Å². The third-order valence-electron chi connectivity index (χ3n) is 3.06. The minimum Gasteiger partial charge on any atom is -0.462 e. The number of imide groups is 1. The molecule has 2 amide bonds. The first-order chi connectivity index (χ1) is 10.0. The van der Waals surface area contributed by atoms with Crippen LogP contribution < -0.4 is 0 Å². The minimum atomic E-state index is -0.405. The number of esters is 1. The molecule has 0 unspecified atom stereocenters. The second-order valence-corrected chi connectivity index (χ2v) is 5.05. The second-order valence-electron chi connectivity index (χ2n) is 5.05. The summed E-state index contributed by atoms with van der Waals surface area (Å²) < 4.78 is 5.00. The topological polar surface area (TPSA) is 63.7 Å². The van der Waals surface area contributed by atoms with Crippen molar-refractivity contribution in [3.63, 3.8) is 0 Å². The summed E-state index contributed by atoms with van der Waals surface area (Å²) in [6, 6.07) is 6.75. The zero-order valence-corrected chi connectivity index (χ0v) is 12.1. The molecule has 0 N–H and O–H groups in total. The lowest BCUT2D eigenvalue weighted by Crippen LogP contribution is -2.31. The Hall–Kier alpha value is -2.43. The Morgan fingerprint density at radius 2 is 1.71 bits per heavy atom. The van der Waals surface area contributed by atoms with Gasteiger partial charge in [0.15, 0.2) is 0 Å². The van der Waals surface area contributed by atoms with Gasteiger partial charge in [-0.3, -0.25) is 14.5 Å². The van der Waals surface area contributed by atoms with Gasteiger partial charge in [0, 0.05) is 12.6 Å². The zero-order chi connectivity index (χ0) is 15.4. The monoisotopic (exact) mass is 287 g/mol. The average Bonchev–Trinajstić information content (AvgIpc) is 2.68. The normalized spacial score (nSPS) is 13.1. The molecule has 0 aliphatic carbocycles. The highest BCUT2D eigenvalue weighted by Gasteiger charge is 2.34. The number of benzene rings is 1. The third kappa shape index (κ3) is 3.37. The van der Waals surface area contributed by atoms with Crippen molar-refractivity contribution in [3.8, 4) is 0 Å². The van der Waals surface area contributed by atoms with Crippen LogP contribution in [-0.4, -0.2) is 35.8 Å². The lowest BCUT2D eigenvalue weighted by molar-refractivity contribution is -0.137. The number of amides is 2. The molecule has 5 nitrogen and oxygen atoms in total. The van der Waals surface area contributed by atoms with E-state index in [1.54, 1.807) is 38.1 Å². The molecule has 0 spiro atoms. The van der Waals surface area contributed by atoms with Crippen LogP contribution in [0.15, 0.2) is 35.9 Å². The SMILES string of the molecule is CC(C)=CC(=O)OCCCN1C(=O)c2ccccc2C1=O. The van der Waals surface area contributed by atoms with Gasteiger partial charge in [-0.15, -0.1) is 0 Å². The molecule has 0 aromatic heterocycles. The van der Waals surface area contributed by atoms with Gasteiger partial charge < -0.3 is 4.74 Å². The van der Waals surface area contributed by atoms with E-state index in [-0.39, 0.29) is 25.0 Å². The van der Waals surface area contributed by atoms with E-state index in [0.717, 1.165) is 5.57 Å². The number of fused-ring (bicyclic) bond motifs is 1. The van der Waals surface area contributed by atoms with Crippen molar-refractivity contribution in [3.05, 3.63) is 47.0 Å². The van der Waals surface area contributed by atoms with Crippen LogP contribution in [0.1, 0.15) is 41.0 Å². The van der Waals surface area contributed by atoms with E-state index < -0.39 is 5.97 Å². The maximum absolute atomic E-state index is 12.1. The van der Waals surface area contributed by atoms with Gasteiger partial charge in [-0.25, -0.2) is 4.79 Å². The quantitative estimate of drug-likeness (QED) is 0.360. The Labute approximate surface area is 123 Å². The average molecular weight is 287 g/mol. The highest BCUT2D eigenvalue weighted by Crippen LogP contribution is 2.22. The molecule has 110 valence electrons. The molecule has 0 bridgehead atoms. The largest absolute Gasteiger partial charge is 0.462 e. The van der Waals surface area contributed by atoms with Crippen LogP contribution >= 0.6 is 0 Å². The zero-order valence-electron chi connectivity index (χ0n) is 12.1. The molecular weight excluding hydrogens is 270 g/mol. The number of hydrogen-bond acceptors (Lipinski definition) is 4. The van der Waals surface area contributed by atoms with E-state index in [1.165, 1.54) is 11.0 Å². The van der Waals surface area contributed by atoms with Crippen molar-refractivity contribution in [1.82, 2.24) is 4.90 Å². The van der Waals surface area contributed by atoms with Gasteiger partial charge in [-0.1, -0.05) is 17.7 Å². The lowest BCUT2D eigenvalue weighted by atomic mass is 10.1. The fraction of sp³-hybridized carbons (Fsp3) is 0.312. The maximum atomic E-state index is 12.1. The highest BCUT2D eigenvalue weighted by molar-refractivity contribution is 6.21. The first kappa shape index (κ1) is 15.0. The fourth-order valence-electron chi connectivity index (χ4n) is 2.12. The number of rotatable bonds is 5. The Morgan fingerprint density at radius 3 is 2.24 bits per heavy atom. The predicted octanol–water partition coefficient (Wildman–Crippen LogP) is 2.18. The standard InChI is InChI=1S/C16H17NO4/c1-11(2)10-14(18)21-9-5-8-17-15(19)12-6-3-4-7-13(12)16(17)20/h3-4,6-7,10H,5,8-9H2,1-2H3. The van der Waals surface area contributed by atoms with Crippen molar-refractivity contribution in [2.75, 3.05) is 13.2 Å². The van der Waals surface area contributed by atoms with Crippen LogP contribution in [0.3, 0.4) is 0 Å². The van der Waals surface area contributed by atoms with Gasteiger partial charge in [0.05, 0.1) is 17.7 Å². The van der Waals surface area contributed by atoms with E-state index in [9.17, 15) is 14.4 Å². The summed E-state index contributed by atoms with van der Waals surface area (Å²) in [5, 5.41) is 0. The van der Waals surface area contributed by atoms with Crippen LogP contribution in [0.2, 0.25) is 0 Å². The molecule has 2 rings (SSSR count). The fourth-order valence-corrected chi connectivity index (χ4v) is 2.12. The summed E-state index contributed by atoms with van der Waals surface area (Å²) in [5.74, 6) is -0.977. The third-order valence-corrected chi connectivity index (χ3v) is 3.06. The Bertz CT molecular complexity index is 579. The van der Waals surface area contributed by atoms with Crippen molar-refractivity contribution in [1.29, 1.82) is 0 Å². The minimum absolute atomic E-state index is 0.177. The molecule has 21 heavy (non-hydrogen) atoms. The summed E-state index contributed by atoms with van der Waals surface area (Å²) in [4.78, 5) is 36.6. The maximum Gasteiger partial charge on any atom is 0.330 e. The molecule has 0 saturated heterocycles. The number of ether oxygens (including phenoxy) is 1. The molecule has 0 fully saturated rings. The molecule has 1 aliphatic rings. The van der Waals surface area contributed by atoms with E-state index in [4.69, 9.17) is 4.74 Å². The first-order valence-electron chi connectivity index (χ1n) is 6.77. The Balaban J connectivity index is 1.86. The molecule has 5 heteroatoms. The summed E-state index contributed by atoms with van der Waals surface area (Å²) >= 11 is 0. The number of hydrogen-bond donors (Lipinski definition) is 0. The lowest BCUT2D eigenvalue weighted by Gasteiger charge is -2.13. The Kier molecular flexibility index (Phi) is 4.52. The van der Waals surface area contributed by atoms with Gasteiger partial charge >= 0.3 is 5.97 Å². The summed E-state index contributed by atoms with van der Waals surface area (Å²) in [5.41, 5.74) is 1.73. The second kappa shape index (κ2) is 6.35. The molecule has 1 aliphatic heterocycles. The van der Waals surface area contributed by atoms with Gasteiger partial charge in [0.1, 0.15) is 0 Å². The number of nitrogens with zero attached hydrogens (tertiary/aromatic N) is 1. The number of carbonyl (C=O) groups is 3. The van der Waals surface area contributed by atoms with Crippen molar-refractivity contribution < 1.29 is 19.1 Å². The first-order valence-corrected chi connectivity index (χ1v) is 6.77. The predicted molar refractivity (Wildman–Crippen MR) is 76.8 cm³/mol. The Morgan fingerprint density at radius 1 is 1.14 bits per heavy atom. The van der Waals surface area contributed by atoms with Gasteiger partial charge in [0.2, 0.25) is 0 Å². The molecule has 0 radical (unpaired) electrons. The van der Waals surface area contributed by atoms with Crippen molar-refractivity contribution >= 4 is 17.8 Å². The molecule has 1 aromatic rings. The van der Waals surface area contributed by atoms with E-state index in [1.807, 2.05) is 0 Å². The van der Waals surface area contributed by atoms with Gasteiger partial charge in [-0.2, -0.15) is 0 Å².